The molecule has 1 aromatic heterocycles. The number of para-hydroxylation sites is 1. The number of anilines is 2. The summed E-state index contributed by atoms with van der Waals surface area (Å²) in [5.74, 6) is -0.297. The number of carbonyl (C=O) groups excluding carboxylic acids is 2. The Labute approximate surface area is 179 Å². The molecule has 0 saturated carbocycles. The van der Waals surface area contributed by atoms with Gasteiger partial charge in [-0.15, -0.1) is 10.2 Å². The molecule has 8 heteroatoms. The second-order valence-corrected chi connectivity index (χ2v) is 8.37. The standard InChI is InChI=1S/C22H23N5O2S/c1-14-10-11-15(2)17(13-14)24-22(29)27-12-6-9-18(27)20-25-26-21(30-20)19(28)23-16-7-4-3-5-8-16/h3-5,7-8,10-11,13,18H,6,9,12H2,1-2H3,(H,23,28)(H,24,29)/t18-/m0/s1. The first kappa shape index (κ1) is 20.0. The number of aromatic nitrogens is 2. The van der Waals surface area contributed by atoms with Gasteiger partial charge in [0.1, 0.15) is 5.01 Å². The van der Waals surface area contributed by atoms with Crippen LogP contribution in [0.3, 0.4) is 0 Å². The van der Waals surface area contributed by atoms with Gasteiger partial charge < -0.3 is 15.5 Å². The largest absolute Gasteiger partial charge is 0.322 e. The molecule has 1 saturated heterocycles. The van der Waals surface area contributed by atoms with Crippen molar-refractivity contribution in [3.8, 4) is 0 Å². The molecule has 1 aliphatic rings. The smallest absolute Gasteiger partial charge is 0.320 e. The molecule has 0 unspecified atom stereocenters. The normalized spacial score (nSPS) is 15.8. The predicted octanol–water partition coefficient (Wildman–Crippen LogP) is 4.78. The van der Waals surface area contributed by atoms with E-state index in [9.17, 15) is 9.59 Å². The van der Waals surface area contributed by atoms with Gasteiger partial charge in [-0.25, -0.2) is 4.79 Å². The number of nitrogens with one attached hydrogen (secondary N) is 2. The van der Waals surface area contributed by atoms with Gasteiger partial charge in [-0.2, -0.15) is 0 Å². The lowest BCUT2D eigenvalue weighted by Crippen LogP contribution is -2.34. The summed E-state index contributed by atoms with van der Waals surface area (Å²) in [6.45, 7) is 4.61. The summed E-state index contributed by atoms with van der Waals surface area (Å²) in [6.07, 6.45) is 1.69. The lowest BCUT2D eigenvalue weighted by atomic mass is 10.1. The molecule has 2 aromatic carbocycles. The molecule has 3 amide bonds. The van der Waals surface area contributed by atoms with E-state index in [4.69, 9.17) is 0 Å². The highest BCUT2D eigenvalue weighted by Crippen LogP contribution is 2.34. The fourth-order valence-electron chi connectivity index (χ4n) is 3.49. The zero-order chi connectivity index (χ0) is 21.1. The van der Waals surface area contributed by atoms with E-state index < -0.39 is 0 Å². The molecule has 1 aliphatic heterocycles. The number of rotatable bonds is 4. The van der Waals surface area contributed by atoms with Gasteiger partial charge in [0.25, 0.3) is 5.91 Å². The SMILES string of the molecule is Cc1ccc(C)c(NC(=O)N2CCC[C@H]2c2nnc(C(=O)Nc3ccccc3)s2)c1. The summed E-state index contributed by atoms with van der Waals surface area (Å²) in [7, 11) is 0. The number of urea groups is 1. The monoisotopic (exact) mass is 421 g/mol. The van der Waals surface area contributed by atoms with Crippen molar-refractivity contribution in [3.63, 3.8) is 0 Å². The Kier molecular flexibility index (Phi) is 5.76. The highest BCUT2D eigenvalue weighted by molar-refractivity contribution is 7.13. The Morgan fingerprint density at radius 2 is 1.87 bits per heavy atom. The molecule has 3 aromatic rings. The molecule has 1 fully saturated rings. The number of amides is 3. The maximum Gasteiger partial charge on any atom is 0.322 e. The Bertz CT molecular complexity index is 1070. The Balaban J connectivity index is 1.46. The molecular weight excluding hydrogens is 398 g/mol. The van der Waals surface area contributed by atoms with Crippen LogP contribution < -0.4 is 10.6 Å². The Hall–Kier alpha value is -3.26. The molecule has 0 radical (unpaired) electrons. The van der Waals surface area contributed by atoms with Gasteiger partial charge in [0.2, 0.25) is 5.01 Å². The molecule has 0 bridgehead atoms. The fourth-order valence-corrected chi connectivity index (χ4v) is 4.38. The van der Waals surface area contributed by atoms with Gasteiger partial charge in [-0.1, -0.05) is 41.7 Å². The predicted molar refractivity (Wildman–Crippen MR) is 118 cm³/mol. The van der Waals surface area contributed by atoms with Crippen LogP contribution >= 0.6 is 11.3 Å². The average molecular weight is 422 g/mol. The molecule has 1 atom stereocenters. The third-order valence-corrected chi connectivity index (χ3v) is 6.12. The molecule has 7 nitrogen and oxygen atoms in total. The lowest BCUT2D eigenvalue weighted by molar-refractivity contribution is 0.102. The number of benzene rings is 2. The third-order valence-electron chi connectivity index (χ3n) is 5.10. The van der Waals surface area contributed by atoms with Gasteiger partial charge in [0.05, 0.1) is 6.04 Å². The number of nitrogens with zero attached hydrogens (tertiary/aromatic N) is 3. The number of likely N-dealkylation sites (tertiary alicyclic amines) is 1. The lowest BCUT2D eigenvalue weighted by Gasteiger charge is -2.23. The van der Waals surface area contributed by atoms with E-state index in [1.165, 1.54) is 11.3 Å². The van der Waals surface area contributed by atoms with E-state index in [2.05, 4.69) is 20.8 Å². The number of hydrogen-bond acceptors (Lipinski definition) is 5. The first-order chi connectivity index (χ1) is 14.5. The van der Waals surface area contributed by atoms with Gasteiger partial charge in [-0.05, 0) is 56.0 Å². The van der Waals surface area contributed by atoms with E-state index in [1.807, 2.05) is 62.4 Å². The second-order valence-electron chi connectivity index (χ2n) is 7.37. The van der Waals surface area contributed by atoms with Crippen LogP contribution in [-0.2, 0) is 0 Å². The van der Waals surface area contributed by atoms with Crippen LogP contribution in [-0.4, -0.2) is 33.6 Å². The molecule has 154 valence electrons. The van der Waals surface area contributed by atoms with Gasteiger partial charge in [-0.3, -0.25) is 4.79 Å². The van der Waals surface area contributed by atoms with Crippen molar-refractivity contribution in [1.82, 2.24) is 15.1 Å². The first-order valence-electron chi connectivity index (χ1n) is 9.86. The minimum atomic E-state index is -0.297. The van der Waals surface area contributed by atoms with E-state index in [1.54, 1.807) is 4.90 Å². The van der Waals surface area contributed by atoms with Crippen molar-refractivity contribution < 1.29 is 9.59 Å². The van der Waals surface area contributed by atoms with Crippen molar-refractivity contribution in [2.75, 3.05) is 17.2 Å². The number of carbonyl (C=O) groups is 2. The van der Waals surface area contributed by atoms with E-state index in [0.29, 0.717) is 17.2 Å². The van der Waals surface area contributed by atoms with Crippen molar-refractivity contribution in [2.45, 2.75) is 32.7 Å². The maximum absolute atomic E-state index is 12.9. The van der Waals surface area contributed by atoms with Crippen LogP contribution in [0.25, 0.3) is 0 Å². The van der Waals surface area contributed by atoms with Crippen molar-refractivity contribution in [2.24, 2.45) is 0 Å². The highest BCUT2D eigenvalue weighted by atomic mass is 32.1. The quantitative estimate of drug-likeness (QED) is 0.635. The minimum Gasteiger partial charge on any atom is -0.320 e. The van der Waals surface area contributed by atoms with Crippen molar-refractivity contribution >= 4 is 34.6 Å². The average Bonchev–Trinajstić information content (AvgIpc) is 3.41. The Morgan fingerprint density at radius 3 is 2.67 bits per heavy atom. The zero-order valence-corrected chi connectivity index (χ0v) is 17.7. The van der Waals surface area contributed by atoms with Gasteiger partial charge in [0, 0.05) is 17.9 Å². The molecule has 30 heavy (non-hydrogen) atoms. The molecule has 0 aliphatic carbocycles. The minimum absolute atomic E-state index is 0.156. The second kappa shape index (κ2) is 8.62. The van der Waals surface area contributed by atoms with Crippen LogP contribution in [0.15, 0.2) is 48.5 Å². The first-order valence-corrected chi connectivity index (χ1v) is 10.7. The molecular formula is C22H23N5O2S. The van der Waals surface area contributed by atoms with Crippen LogP contribution in [0.4, 0.5) is 16.2 Å². The fraction of sp³-hybridized carbons (Fsp3) is 0.273. The van der Waals surface area contributed by atoms with Gasteiger partial charge in [0.15, 0.2) is 0 Å². The van der Waals surface area contributed by atoms with Crippen LogP contribution in [0, 0.1) is 13.8 Å². The summed E-state index contributed by atoms with van der Waals surface area (Å²) < 4.78 is 0. The third kappa shape index (κ3) is 4.33. The Morgan fingerprint density at radius 1 is 1.07 bits per heavy atom. The van der Waals surface area contributed by atoms with Crippen molar-refractivity contribution in [3.05, 3.63) is 69.7 Å². The van der Waals surface area contributed by atoms with Crippen molar-refractivity contribution in [1.29, 1.82) is 0 Å². The molecule has 2 heterocycles. The maximum atomic E-state index is 12.9. The number of aryl methyl sites for hydroxylation is 2. The summed E-state index contributed by atoms with van der Waals surface area (Å²) in [5, 5.41) is 15.1. The van der Waals surface area contributed by atoms with Crippen LogP contribution in [0.5, 0.6) is 0 Å². The van der Waals surface area contributed by atoms with E-state index >= 15 is 0 Å². The molecule has 4 rings (SSSR count). The molecule has 0 spiro atoms. The summed E-state index contributed by atoms with van der Waals surface area (Å²) in [5.41, 5.74) is 3.62. The number of hydrogen-bond donors (Lipinski definition) is 2. The summed E-state index contributed by atoms with van der Waals surface area (Å²) in [4.78, 5) is 27.2. The topological polar surface area (TPSA) is 87.2 Å². The molecule has 2 N–H and O–H groups in total. The zero-order valence-electron chi connectivity index (χ0n) is 16.9. The van der Waals surface area contributed by atoms with E-state index in [0.717, 1.165) is 29.7 Å². The van der Waals surface area contributed by atoms with Gasteiger partial charge >= 0.3 is 6.03 Å². The van der Waals surface area contributed by atoms with Crippen LogP contribution in [0.1, 0.15) is 44.8 Å². The highest BCUT2D eigenvalue weighted by Gasteiger charge is 2.33. The summed E-state index contributed by atoms with van der Waals surface area (Å²) in [6, 6.07) is 14.9. The van der Waals surface area contributed by atoms with E-state index in [-0.39, 0.29) is 23.0 Å². The van der Waals surface area contributed by atoms with Crippen LogP contribution in [0.2, 0.25) is 0 Å². The summed E-state index contributed by atoms with van der Waals surface area (Å²) >= 11 is 1.23.